The van der Waals surface area contributed by atoms with Gasteiger partial charge in [0.15, 0.2) is 0 Å². The van der Waals surface area contributed by atoms with Crippen LogP contribution < -0.4 is 26.6 Å². The summed E-state index contributed by atoms with van der Waals surface area (Å²) in [5, 5.41) is 40.1. The van der Waals surface area contributed by atoms with E-state index in [0.29, 0.717) is 0 Å². The lowest BCUT2D eigenvalue weighted by atomic mass is 10.0. The largest absolute Gasteiger partial charge is 0.394 e. The van der Waals surface area contributed by atoms with Crippen LogP contribution in [0.1, 0.15) is 34.6 Å². The van der Waals surface area contributed by atoms with Crippen molar-refractivity contribution in [2.75, 3.05) is 19.8 Å². The van der Waals surface area contributed by atoms with Crippen LogP contribution in [0.5, 0.6) is 0 Å². The third-order valence-corrected chi connectivity index (χ3v) is 4.30. The molecule has 184 valence electrons. The molecular weight excluding hydrogens is 426 g/mol. The van der Waals surface area contributed by atoms with Crippen molar-refractivity contribution in [3.63, 3.8) is 0 Å². The minimum atomic E-state index is -1.49. The molecule has 0 aliphatic rings. The summed E-state index contributed by atoms with van der Waals surface area (Å²) in [4.78, 5) is 60.3. The lowest BCUT2D eigenvalue weighted by Crippen LogP contribution is -2.61. The average molecular weight is 462 g/mol. The first kappa shape index (κ1) is 29.2. The zero-order chi connectivity index (χ0) is 25.0. The van der Waals surface area contributed by atoms with Crippen LogP contribution in [-0.4, -0.2) is 94.9 Å². The highest BCUT2D eigenvalue weighted by Crippen LogP contribution is 2.04. The van der Waals surface area contributed by atoms with Gasteiger partial charge in [0.05, 0.1) is 25.9 Å². The van der Waals surface area contributed by atoms with Crippen LogP contribution in [0.4, 0.5) is 0 Å². The number of hydrogen-bond donors (Lipinski definition) is 8. The molecule has 0 unspecified atom stereocenters. The quantitative estimate of drug-likeness (QED) is 0.136. The maximum absolute atomic E-state index is 12.7. The van der Waals surface area contributed by atoms with Crippen LogP contribution in [-0.2, 0) is 24.0 Å². The van der Waals surface area contributed by atoms with Gasteiger partial charge in [0.25, 0.3) is 0 Å². The van der Waals surface area contributed by atoms with Crippen molar-refractivity contribution >= 4 is 29.5 Å². The van der Waals surface area contributed by atoms with Crippen molar-refractivity contribution in [1.82, 2.24) is 26.6 Å². The second-order valence-corrected chi connectivity index (χ2v) is 7.76. The van der Waals surface area contributed by atoms with Crippen molar-refractivity contribution < 1.29 is 39.3 Å². The highest BCUT2D eigenvalue weighted by molar-refractivity contribution is 5.95. The molecule has 32 heavy (non-hydrogen) atoms. The predicted octanol–water partition coefficient (Wildman–Crippen LogP) is -3.90. The summed E-state index contributed by atoms with van der Waals surface area (Å²) in [7, 11) is 0. The van der Waals surface area contributed by atoms with Gasteiger partial charge in [-0.05, 0) is 19.8 Å². The highest BCUT2D eigenvalue weighted by atomic mass is 16.3. The lowest BCUT2D eigenvalue weighted by molar-refractivity contribution is -0.136. The first-order chi connectivity index (χ1) is 14.8. The Balaban J connectivity index is 5.25. The molecule has 5 atom stereocenters. The molecule has 0 radical (unpaired) electrons. The Bertz CT molecular complexity index is 670. The topological polar surface area (TPSA) is 206 Å². The molecule has 0 spiro atoms. The maximum atomic E-state index is 12.7. The Labute approximate surface area is 186 Å². The van der Waals surface area contributed by atoms with E-state index < -0.39 is 72.3 Å². The SMILES string of the molecule is CC(=O)NCC(=O)N[C@H](C(=O)N[C@H](C(=O)N[C@@H](CO)C(=O)N[C@@H](C)CO)[C@@H](C)O)C(C)C. The highest BCUT2D eigenvalue weighted by Gasteiger charge is 2.33. The fraction of sp³-hybridized carbons (Fsp3) is 0.737. The van der Waals surface area contributed by atoms with E-state index in [-0.39, 0.29) is 13.2 Å². The maximum Gasteiger partial charge on any atom is 0.245 e. The summed E-state index contributed by atoms with van der Waals surface area (Å²) in [6, 6.07) is -4.57. The van der Waals surface area contributed by atoms with E-state index in [1.165, 1.54) is 20.8 Å². The van der Waals surface area contributed by atoms with Gasteiger partial charge >= 0.3 is 0 Å². The second kappa shape index (κ2) is 14.3. The van der Waals surface area contributed by atoms with Gasteiger partial charge in [-0.3, -0.25) is 24.0 Å². The van der Waals surface area contributed by atoms with Crippen LogP contribution in [0.2, 0.25) is 0 Å². The first-order valence-electron chi connectivity index (χ1n) is 10.2. The molecule has 0 aromatic carbocycles. The van der Waals surface area contributed by atoms with E-state index in [9.17, 15) is 34.2 Å². The molecule has 0 fully saturated rings. The summed E-state index contributed by atoms with van der Waals surface area (Å²) in [5.41, 5.74) is 0. The minimum Gasteiger partial charge on any atom is -0.394 e. The number of aliphatic hydroxyl groups is 3. The van der Waals surface area contributed by atoms with Crippen LogP contribution >= 0.6 is 0 Å². The Morgan fingerprint density at radius 3 is 1.75 bits per heavy atom. The number of carbonyl (C=O) groups excluding carboxylic acids is 5. The van der Waals surface area contributed by atoms with E-state index in [1.54, 1.807) is 13.8 Å². The van der Waals surface area contributed by atoms with E-state index in [0.717, 1.165) is 0 Å². The molecule has 0 rings (SSSR count). The summed E-state index contributed by atoms with van der Waals surface area (Å²) in [5.74, 6) is -3.91. The Kier molecular flexibility index (Phi) is 13.1. The smallest absolute Gasteiger partial charge is 0.245 e. The van der Waals surface area contributed by atoms with Crippen molar-refractivity contribution in [2.24, 2.45) is 5.92 Å². The normalized spacial score (nSPS) is 15.5. The van der Waals surface area contributed by atoms with Gasteiger partial charge in [0.1, 0.15) is 18.1 Å². The number of amides is 5. The Hall–Kier alpha value is -2.77. The van der Waals surface area contributed by atoms with Crippen molar-refractivity contribution in [3.8, 4) is 0 Å². The number of hydrogen-bond acceptors (Lipinski definition) is 8. The van der Waals surface area contributed by atoms with Crippen molar-refractivity contribution in [1.29, 1.82) is 0 Å². The minimum absolute atomic E-state index is 0.342. The van der Waals surface area contributed by atoms with Gasteiger partial charge in [-0.2, -0.15) is 0 Å². The summed E-state index contributed by atoms with van der Waals surface area (Å²) in [6.45, 7) is 5.83. The second-order valence-electron chi connectivity index (χ2n) is 7.76. The van der Waals surface area contributed by atoms with Crippen LogP contribution in [0.15, 0.2) is 0 Å². The van der Waals surface area contributed by atoms with Crippen molar-refractivity contribution in [2.45, 2.75) is 64.9 Å². The Morgan fingerprint density at radius 2 is 1.31 bits per heavy atom. The third kappa shape index (κ3) is 10.5. The van der Waals surface area contributed by atoms with Gasteiger partial charge in [-0.25, -0.2) is 0 Å². The summed E-state index contributed by atoms with van der Waals surface area (Å²) < 4.78 is 0. The Morgan fingerprint density at radius 1 is 0.750 bits per heavy atom. The molecule has 8 N–H and O–H groups in total. The molecule has 0 heterocycles. The zero-order valence-electron chi connectivity index (χ0n) is 19.0. The molecule has 0 bridgehead atoms. The van der Waals surface area contributed by atoms with E-state index in [4.69, 9.17) is 5.11 Å². The molecule has 13 heteroatoms. The fourth-order valence-corrected chi connectivity index (χ4v) is 2.46. The monoisotopic (exact) mass is 461 g/mol. The van der Waals surface area contributed by atoms with Gasteiger partial charge in [0, 0.05) is 13.0 Å². The summed E-state index contributed by atoms with van der Waals surface area (Å²) in [6.07, 6.45) is -1.37. The molecule has 0 saturated heterocycles. The standard InChI is InChI=1S/C19H35N5O8/c1-9(2)15(23-14(29)6-20-12(5)28)18(31)24-16(11(4)27)19(32)22-13(8-26)17(30)21-10(3)7-25/h9-11,13,15-16,25-27H,6-8H2,1-5H3,(H,20,28)(H,21,30)(H,22,32)(H,23,29)(H,24,31)/t10-,11+,13-,15-,16-/m0/s1. The molecule has 13 nitrogen and oxygen atoms in total. The predicted molar refractivity (Wildman–Crippen MR) is 113 cm³/mol. The number of aliphatic hydroxyl groups excluding tert-OH is 3. The zero-order valence-corrected chi connectivity index (χ0v) is 19.0. The van der Waals surface area contributed by atoms with Gasteiger partial charge in [0.2, 0.25) is 29.5 Å². The summed E-state index contributed by atoms with van der Waals surface area (Å²) >= 11 is 0. The number of carbonyl (C=O) groups is 5. The molecule has 0 aliphatic carbocycles. The van der Waals surface area contributed by atoms with Crippen LogP contribution in [0.3, 0.4) is 0 Å². The molecule has 0 aliphatic heterocycles. The molecule has 5 amide bonds. The molecule has 0 saturated carbocycles. The molecular formula is C19H35N5O8. The van der Waals surface area contributed by atoms with Gasteiger partial charge in [-0.1, -0.05) is 13.8 Å². The van der Waals surface area contributed by atoms with Gasteiger partial charge < -0.3 is 41.9 Å². The first-order valence-corrected chi connectivity index (χ1v) is 10.2. The van der Waals surface area contributed by atoms with E-state index in [1.807, 2.05) is 0 Å². The molecule has 0 aromatic rings. The number of rotatable bonds is 13. The third-order valence-electron chi connectivity index (χ3n) is 4.30. The van der Waals surface area contributed by atoms with Gasteiger partial charge in [-0.15, -0.1) is 0 Å². The van der Waals surface area contributed by atoms with Crippen LogP contribution in [0.25, 0.3) is 0 Å². The van der Waals surface area contributed by atoms with E-state index in [2.05, 4.69) is 26.6 Å². The molecule has 0 aromatic heterocycles. The fourth-order valence-electron chi connectivity index (χ4n) is 2.46. The van der Waals surface area contributed by atoms with E-state index >= 15 is 0 Å². The average Bonchev–Trinajstić information content (AvgIpc) is 2.71. The van der Waals surface area contributed by atoms with Crippen LogP contribution in [0, 0.1) is 5.92 Å². The van der Waals surface area contributed by atoms with Crippen molar-refractivity contribution in [3.05, 3.63) is 0 Å². The number of nitrogens with one attached hydrogen (secondary N) is 5. The lowest BCUT2D eigenvalue weighted by Gasteiger charge is -2.27.